The number of rotatable bonds is 5. The van der Waals surface area contributed by atoms with Crippen LogP contribution in [0.1, 0.15) is 5.56 Å². The van der Waals surface area contributed by atoms with E-state index >= 15 is 0 Å². The summed E-state index contributed by atoms with van der Waals surface area (Å²) in [7, 11) is 1.49. The first-order valence-corrected chi connectivity index (χ1v) is 7.49. The molecular weight excluding hydrogens is 326 g/mol. The Morgan fingerprint density at radius 3 is 2.58 bits per heavy atom. The van der Waals surface area contributed by atoms with Gasteiger partial charge in [0.05, 0.1) is 12.8 Å². The molecule has 1 amide bonds. The Kier molecular flexibility index (Phi) is 5.83. The van der Waals surface area contributed by atoms with Crippen LogP contribution in [0.4, 0.5) is 11.4 Å². The number of aryl methyl sites for hydroxylation is 1. The summed E-state index contributed by atoms with van der Waals surface area (Å²) < 4.78 is 5.16. The molecule has 2 aromatic carbocycles. The molecule has 0 spiro atoms. The topological polar surface area (TPSA) is 74.1 Å². The molecule has 0 aliphatic rings. The molecule has 0 bridgehead atoms. The highest BCUT2D eigenvalue weighted by atomic mass is 35.5. The zero-order chi connectivity index (χ0) is 17.5. The first-order valence-electron chi connectivity index (χ1n) is 7.12. The van der Waals surface area contributed by atoms with Crippen LogP contribution in [0, 0.1) is 18.3 Å². The fourth-order valence-corrected chi connectivity index (χ4v) is 2.09. The number of nitrogens with zero attached hydrogens (tertiary/aromatic N) is 1. The van der Waals surface area contributed by atoms with Gasteiger partial charge in [0.2, 0.25) is 0 Å². The molecule has 0 aliphatic heterocycles. The normalized spacial score (nSPS) is 10.7. The smallest absolute Gasteiger partial charge is 0.267 e. The largest absolute Gasteiger partial charge is 0.495 e. The molecule has 0 aliphatic carbocycles. The minimum atomic E-state index is -0.558. The molecule has 0 unspecified atom stereocenters. The highest BCUT2D eigenvalue weighted by Gasteiger charge is 2.12. The van der Waals surface area contributed by atoms with Crippen LogP contribution in [-0.2, 0) is 4.79 Å². The first kappa shape index (κ1) is 17.4. The fourth-order valence-electron chi connectivity index (χ4n) is 1.92. The Morgan fingerprint density at radius 2 is 1.96 bits per heavy atom. The molecule has 2 aromatic rings. The molecule has 0 fully saturated rings. The van der Waals surface area contributed by atoms with E-state index in [9.17, 15) is 10.1 Å². The van der Waals surface area contributed by atoms with Crippen molar-refractivity contribution in [3.8, 4) is 11.8 Å². The molecule has 0 saturated heterocycles. The van der Waals surface area contributed by atoms with Gasteiger partial charge in [-0.15, -0.1) is 0 Å². The molecule has 0 heterocycles. The Bertz CT molecular complexity index is 808. The maximum Gasteiger partial charge on any atom is 0.267 e. The van der Waals surface area contributed by atoms with Crippen molar-refractivity contribution in [1.29, 1.82) is 5.26 Å². The Balaban J connectivity index is 2.14. The lowest BCUT2D eigenvalue weighted by atomic mass is 10.2. The summed E-state index contributed by atoms with van der Waals surface area (Å²) >= 11 is 5.93. The SMILES string of the molecule is COc1ccc(Cl)cc1NC(=O)/C(C#N)=C\Nc1ccc(C)cc1. The van der Waals surface area contributed by atoms with Gasteiger partial charge in [-0.2, -0.15) is 5.26 Å². The van der Waals surface area contributed by atoms with Gasteiger partial charge in [-0.3, -0.25) is 4.79 Å². The maximum absolute atomic E-state index is 12.3. The lowest BCUT2D eigenvalue weighted by molar-refractivity contribution is -0.112. The van der Waals surface area contributed by atoms with E-state index in [4.69, 9.17) is 16.3 Å². The standard InChI is InChI=1S/C18H16ClN3O2/c1-12-3-6-15(7-4-12)21-11-13(10-20)18(23)22-16-9-14(19)5-8-17(16)24-2/h3-9,11,21H,1-2H3,(H,22,23)/b13-11-. The van der Waals surface area contributed by atoms with Crippen molar-refractivity contribution in [2.24, 2.45) is 0 Å². The molecule has 122 valence electrons. The summed E-state index contributed by atoms with van der Waals surface area (Å²) in [6.45, 7) is 1.98. The monoisotopic (exact) mass is 341 g/mol. The third kappa shape index (κ3) is 4.51. The molecule has 6 heteroatoms. The van der Waals surface area contributed by atoms with Crippen LogP contribution in [0.3, 0.4) is 0 Å². The highest BCUT2D eigenvalue weighted by molar-refractivity contribution is 6.31. The molecule has 0 saturated carbocycles. The van der Waals surface area contributed by atoms with E-state index in [0.717, 1.165) is 11.3 Å². The number of anilines is 2. The van der Waals surface area contributed by atoms with Crippen LogP contribution in [0.15, 0.2) is 54.2 Å². The van der Waals surface area contributed by atoms with Gasteiger partial charge in [0.15, 0.2) is 0 Å². The third-order valence-electron chi connectivity index (χ3n) is 3.21. The number of halogens is 1. The minimum Gasteiger partial charge on any atom is -0.495 e. The van der Waals surface area contributed by atoms with Gasteiger partial charge < -0.3 is 15.4 Å². The number of methoxy groups -OCH3 is 1. The molecule has 2 N–H and O–H groups in total. The van der Waals surface area contributed by atoms with Gasteiger partial charge in [0.25, 0.3) is 5.91 Å². The number of ether oxygens (including phenoxy) is 1. The second-order valence-electron chi connectivity index (χ2n) is 4.98. The van der Waals surface area contributed by atoms with Crippen molar-refractivity contribution in [2.45, 2.75) is 6.92 Å². The lowest BCUT2D eigenvalue weighted by Crippen LogP contribution is -2.15. The predicted molar refractivity (Wildman–Crippen MR) is 95.1 cm³/mol. The van der Waals surface area contributed by atoms with E-state index in [0.29, 0.717) is 16.5 Å². The molecule has 5 nitrogen and oxygen atoms in total. The number of benzene rings is 2. The van der Waals surface area contributed by atoms with Crippen molar-refractivity contribution in [2.75, 3.05) is 17.7 Å². The number of nitrogens with one attached hydrogen (secondary N) is 2. The zero-order valence-corrected chi connectivity index (χ0v) is 14.0. The summed E-state index contributed by atoms with van der Waals surface area (Å²) in [6, 6.07) is 14.3. The molecule has 2 rings (SSSR count). The predicted octanol–water partition coefficient (Wildman–Crippen LogP) is 4.12. The molecule has 0 radical (unpaired) electrons. The van der Waals surface area contributed by atoms with Gasteiger partial charge in [0, 0.05) is 16.9 Å². The number of hydrogen-bond acceptors (Lipinski definition) is 4. The summed E-state index contributed by atoms with van der Waals surface area (Å²) in [5, 5.41) is 15.2. The summed E-state index contributed by atoms with van der Waals surface area (Å²) in [5.41, 5.74) is 2.22. The highest BCUT2D eigenvalue weighted by Crippen LogP contribution is 2.28. The average Bonchev–Trinajstić information content (AvgIpc) is 2.57. The zero-order valence-electron chi connectivity index (χ0n) is 13.3. The van der Waals surface area contributed by atoms with Gasteiger partial charge in [0.1, 0.15) is 17.4 Å². The van der Waals surface area contributed by atoms with Crippen molar-refractivity contribution in [3.63, 3.8) is 0 Å². The van der Waals surface area contributed by atoms with E-state index < -0.39 is 5.91 Å². The van der Waals surface area contributed by atoms with Gasteiger partial charge in [-0.25, -0.2) is 0 Å². The van der Waals surface area contributed by atoms with Crippen LogP contribution in [-0.4, -0.2) is 13.0 Å². The van der Waals surface area contributed by atoms with Crippen molar-refractivity contribution in [1.82, 2.24) is 0 Å². The first-order chi connectivity index (χ1) is 11.5. The van der Waals surface area contributed by atoms with Crippen LogP contribution in [0.5, 0.6) is 5.75 Å². The molecular formula is C18H16ClN3O2. The molecule has 0 aromatic heterocycles. The third-order valence-corrected chi connectivity index (χ3v) is 3.44. The van der Waals surface area contributed by atoms with Crippen LogP contribution in [0.25, 0.3) is 0 Å². The number of hydrogen-bond donors (Lipinski definition) is 2. The Morgan fingerprint density at radius 1 is 1.25 bits per heavy atom. The summed E-state index contributed by atoms with van der Waals surface area (Å²) in [4.78, 5) is 12.3. The fraction of sp³-hybridized carbons (Fsp3) is 0.111. The van der Waals surface area contributed by atoms with E-state index in [1.165, 1.54) is 13.3 Å². The van der Waals surface area contributed by atoms with Crippen LogP contribution in [0.2, 0.25) is 5.02 Å². The van der Waals surface area contributed by atoms with Crippen molar-refractivity contribution in [3.05, 3.63) is 64.8 Å². The van der Waals surface area contributed by atoms with E-state index in [1.807, 2.05) is 37.3 Å². The number of nitriles is 1. The van der Waals surface area contributed by atoms with E-state index in [-0.39, 0.29) is 5.57 Å². The number of carbonyl (C=O) groups excluding carboxylic acids is 1. The molecule has 0 atom stereocenters. The number of carbonyl (C=O) groups is 1. The second kappa shape index (κ2) is 8.04. The van der Waals surface area contributed by atoms with Gasteiger partial charge >= 0.3 is 0 Å². The second-order valence-corrected chi connectivity index (χ2v) is 5.42. The van der Waals surface area contributed by atoms with E-state index in [2.05, 4.69) is 10.6 Å². The Labute approximate surface area is 145 Å². The summed E-state index contributed by atoms with van der Waals surface area (Å²) in [5.74, 6) is -0.103. The van der Waals surface area contributed by atoms with Crippen LogP contribution >= 0.6 is 11.6 Å². The van der Waals surface area contributed by atoms with Gasteiger partial charge in [-0.05, 0) is 37.3 Å². The number of amides is 1. The van der Waals surface area contributed by atoms with Crippen molar-refractivity contribution >= 4 is 28.9 Å². The maximum atomic E-state index is 12.3. The van der Waals surface area contributed by atoms with Crippen molar-refractivity contribution < 1.29 is 9.53 Å². The average molecular weight is 342 g/mol. The van der Waals surface area contributed by atoms with E-state index in [1.54, 1.807) is 18.2 Å². The minimum absolute atomic E-state index is 0.0717. The molecule has 24 heavy (non-hydrogen) atoms. The lowest BCUT2D eigenvalue weighted by Gasteiger charge is -2.10. The van der Waals surface area contributed by atoms with Gasteiger partial charge in [-0.1, -0.05) is 29.3 Å². The Hall–Kier alpha value is -2.97. The van der Waals surface area contributed by atoms with Crippen LogP contribution < -0.4 is 15.4 Å². The quantitative estimate of drug-likeness (QED) is 0.634. The summed E-state index contributed by atoms with van der Waals surface area (Å²) in [6.07, 6.45) is 1.36.